The third-order valence-corrected chi connectivity index (χ3v) is 3.43. The summed E-state index contributed by atoms with van der Waals surface area (Å²) in [6.07, 6.45) is -0.844. The van der Waals surface area contributed by atoms with Gasteiger partial charge in [0.2, 0.25) is 5.91 Å². The first kappa shape index (κ1) is 15.3. The molecule has 1 aromatic rings. The molecule has 1 aliphatic heterocycles. The van der Waals surface area contributed by atoms with Gasteiger partial charge in [0.1, 0.15) is 5.82 Å². The van der Waals surface area contributed by atoms with E-state index in [0.29, 0.717) is 18.9 Å². The van der Waals surface area contributed by atoms with Gasteiger partial charge >= 0.3 is 6.18 Å². The molecule has 1 saturated heterocycles. The number of nitrogens with one attached hydrogen (secondary N) is 1. The average Bonchev–Trinajstić information content (AvgIpc) is 2.47. The summed E-state index contributed by atoms with van der Waals surface area (Å²) < 4.78 is 37.4. The molecule has 0 saturated carbocycles. The van der Waals surface area contributed by atoms with E-state index in [1.807, 2.05) is 4.90 Å². The Morgan fingerprint density at radius 3 is 2.52 bits per heavy atom. The number of carbonyl (C=O) groups is 1. The molecular weight excluding hydrogens is 283 g/mol. The molecule has 0 aliphatic carbocycles. The molecule has 2 rings (SSSR count). The smallest absolute Gasteiger partial charge is 0.356 e. The second kappa shape index (κ2) is 6.15. The minimum absolute atomic E-state index is 0.0706. The van der Waals surface area contributed by atoms with Crippen LogP contribution in [0.1, 0.15) is 18.4 Å². The van der Waals surface area contributed by atoms with Gasteiger partial charge in [-0.25, -0.2) is 4.98 Å². The molecule has 21 heavy (non-hydrogen) atoms. The lowest BCUT2D eigenvalue weighted by Crippen LogP contribution is -2.44. The van der Waals surface area contributed by atoms with Gasteiger partial charge in [0.15, 0.2) is 0 Å². The summed E-state index contributed by atoms with van der Waals surface area (Å²) in [5.74, 6) is 0.317. The van der Waals surface area contributed by atoms with Gasteiger partial charge in [0, 0.05) is 25.3 Å². The van der Waals surface area contributed by atoms with Crippen molar-refractivity contribution < 1.29 is 18.0 Å². The Balaban J connectivity index is 1.93. The average molecular weight is 299 g/mol. The zero-order valence-corrected chi connectivity index (χ0v) is 11.4. The van der Waals surface area contributed by atoms with Crippen molar-refractivity contribution in [2.45, 2.75) is 25.1 Å². The highest BCUT2D eigenvalue weighted by Crippen LogP contribution is 2.29. The van der Waals surface area contributed by atoms with E-state index in [2.05, 4.69) is 16.9 Å². The van der Waals surface area contributed by atoms with Gasteiger partial charge in [-0.05, 0) is 31.1 Å². The molecule has 1 amide bonds. The fourth-order valence-electron chi connectivity index (χ4n) is 2.25. The van der Waals surface area contributed by atoms with Crippen molar-refractivity contribution in [2.24, 2.45) is 0 Å². The van der Waals surface area contributed by atoms with Gasteiger partial charge in [-0.15, -0.1) is 0 Å². The lowest BCUT2D eigenvalue weighted by Gasteiger charge is -2.33. The first-order chi connectivity index (χ1) is 9.90. The number of carbonyl (C=O) groups excluding carboxylic acids is 1. The maximum Gasteiger partial charge on any atom is 0.417 e. The first-order valence-electron chi connectivity index (χ1n) is 6.61. The van der Waals surface area contributed by atoms with E-state index in [0.717, 1.165) is 25.1 Å². The van der Waals surface area contributed by atoms with Gasteiger partial charge in [-0.3, -0.25) is 4.79 Å². The van der Waals surface area contributed by atoms with Crippen molar-refractivity contribution >= 4 is 11.7 Å². The van der Waals surface area contributed by atoms with Crippen molar-refractivity contribution in [1.82, 2.24) is 10.3 Å². The number of hydrogen-bond acceptors (Lipinski definition) is 3. The van der Waals surface area contributed by atoms with Crippen LogP contribution in [0.4, 0.5) is 19.0 Å². The summed E-state index contributed by atoms with van der Waals surface area (Å²) in [4.78, 5) is 17.0. The molecule has 1 aliphatic rings. The normalized spacial score (nSPS) is 16.6. The molecule has 0 radical (unpaired) electrons. The maximum atomic E-state index is 12.5. The molecule has 0 spiro atoms. The fourth-order valence-corrected chi connectivity index (χ4v) is 2.25. The minimum Gasteiger partial charge on any atom is -0.356 e. The number of hydrogen-bond donors (Lipinski definition) is 1. The SMILES string of the molecule is C=CC(=O)NC1CCN(c2ccc(C(F)(F)F)cn2)CC1. The Hall–Kier alpha value is -2.05. The standard InChI is InChI=1S/C14H16F3N3O/c1-2-13(21)19-11-5-7-20(8-6-11)12-4-3-10(9-18-12)14(15,16)17/h2-4,9,11H,1,5-8H2,(H,19,21). The van der Waals surface area contributed by atoms with Crippen LogP contribution in [-0.2, 0) is 11.0 Å². The van der Waals surface area contributed by atoms with Crippen LogP contribution in [0.3, 0.4) is 0 Å². The number of rotatable bonds is 3. The van der Waals surface area contributed by atoms with Crippen LogP contribution in [0.2, 0.25) is 0 Å². The van der Waals surface area contributed by atoms with Crippen LogP contribution in [-0.4, -0.2) is 30.0 Å². The van der Waals surface area contributed by atoms with Crippen LogP contribution in [0.15, 0.2) is 31.0 Å². The van der Waals surface area contributed by atoms with E-state index in [9.17, 15) is 18.0 Å². The van der Waals surface area contributed by atoms with Gasteiger partial charge in [0.05, 0.1) is 5.56 Å². The maximum absolute atomic E-state index is 12.5. The molecule has 4 nitrogen and oxygen atoms in total. The Bertz CT molecular complexity index is 505. The zero-order valence-electron chi connectivity index (χ0n) is 11.4. The third kappa shape index (κ3) is 3.96. The molecule has 1 N–H and O–H groups in total. The van der Waals surface area contributed by atoms with E-state index in [4.69, 9.17) is 0 Å². The quantitative estimate of drug-likeness (QED) is 0.872. The topological polar surface area (TPSA) is 45.2 Å². The molecule has 0 bridgehead atoms. The van der Waals surface area contributed by atoms with Crippen molar-refractivity contribution in [3.05, 3.63) is 36.5 Å². The molecule has 2 heterocycles. The number of aromatic nitrogens is 1. The zero-order chi connectivity index (χ0) is 15.5. The van der Waals surface area contributed by atoms with Crippen LogP contribution in [0.25, 0.3) is 0 Å². The van der Waals surface area contributed by atoms with Crippen LogP contribution in [0, 0.1) is 0 Å². The Kier molecular flexibility index (Phi) is 4.50. The summed E-state index contributed by atoms with van der Waals surface area (Å²) in [6, 6.07) is 2.49. The number of alkyl halides is 3. The van der Waals surface area contributed by atoms with Crippen LogP contribution in [0.5, 0.6) is 0 Å². The van der Waals surface area contributed by atoms with Gasteiger partial charge in [-0.1, -0.05) is 6.58 Å². The van der Waals surface area contributed by atoms with E-state index in [1.54, 1.807) is 0 Å². The lowest BCUT2D eigenvalue weighted by atomic mass is 10.0. The van der Waals surface area contributed by atoms with E-state index in [-0.39, 0.29) is 11.9 Å². The Morgan fingerprint density at radius 1 is 1.38 bits per heavy atom. The summed E-state index contributed by atoms with van der Waals surface area (Å²) in [5.41, 5.74) is -0.751. The monoisotopic (exact) mass is 299 g/mol. The summed E-state index contributed by atoms with van der Waals surface area (Å²) in [6.45, 7) is 4.67. The molecule has 114 valence electrons. The van der Waals surface area contributed by atoms with Gasteiger partial charge < -0.3 is 10.2 Å². The fraction of sp³-hybridized carbons (Fsp3) is 0.429. The molecule has 1 aromatic heterocycles. The molecule has 0 unspecified atom stereocenters. The molecule has 1 fully saturated rings. The predicted molar refractivity (Wildman–Crippen MR) is 72.8 cm³/mol. The number of amides is 1. The highest BCUT2D eigenvalue weighted by molar-refractivity contribution is 5.87. The second-order valence-electron chi connectivity index (χ2n) is 4.88. The van der Waals surface area contributed by atoms with Crippen molar-refractivity contribution in [3.8, 4) is 0 Å². The predicted octanol–water partition coefficient (Wildman–Crippen LogP) is 2.37. The molecule has 0 aromatic carbocycles. The highest BCUT2D eigenvalue weighted by atomic mass is 19.4. The number of anilines is 1. The minimum atomic E-state index is -4.37. The number of halogens is 3. The van der Waals surface area contributed by atoms with Crippen molar-refractivity contribution in [3.63, 3.8) is 0 Å². The largest absolute Gasteiger partial charge is 0.417 e. The highest BCUT2D eigenvalue weighted by Gasteiger charge is 2.31. The Morgan fingerprint density at radius 2 is 2.05 bits per heavy atom. The van der Waals surface area contributed by atoms with Crippen molar-refractivity contribution in [1.29, 1.82) is 0 Å². The molecule has 7 heteroatoms. The number of nitrogens with zero attached hydrogens (tertiary/aromatic N) is 2. The summed E-state index contributed by atoms with van der Waals surface area (Å²) in [7, 11) is 0. The summed E-state index contributed by atoms with van der Waals surface area (Å²) in [5, 5.41) is 2.82. The Labute approximate surface area is 120 Å². The third-order valence-electron chi connectivity index (χ3n) is 3.43. The molecular formula is C14H16F3N3O. The van der Waals surface area contributed by atoms with Crippen molar-refractivity contribution in [2.75, 3.05) is 18.0 Å². The van der Waals surface area contributed by atoms with Gasteiger partial charge in [-0.2, -0.15) is 13.2 Å². The summed E-state index contributed by atoms with van der Waals surface area (Å²) >= 11 is 0. The number of pyridine rings is 1. The number of piperidine rings is 1. The van der Waals surface area contributed by atoms with Gasteiger partial charge in [0.25, 0.3) is 0 Å². The van der Waals surface area contributed by atoms with E-state index in [1.165, 1.54) is 12.1 Å². The van der Waals surface area contributed by atoms with E-state index >= 15 is 0 Å². The lowest BCUT2D eigenvalue weighted by molar-refractivity contribution is -0.137. The second-order valence-corrected chi connectivity index (χ2v) is 4.88. The first-order valence-corrected chi connectivity index (χ1v) is 6.61. The van der Waals surface area contributed by atoms with Crippen LogP contribution >= 0.6 is 0 Å². The molecule has 0 atom stereocenters. The van der Waals surface area contributed by atoms with E-state index < -0.39 is 11.7 Å². The van der Waals surface area contributed by atoms with Crippen LogP contribution < -0.4 is 10.2 Å².